The fourth-order valence-corrected chi connectivity index (χ4v) is 3.13. The first-order valence-electron chi connectivity index (χ1n) is 5.38. The van der Waals surface area contributed by atoms with Crippen LogP contribution in [0.1, 0.15) is 40.7 Å². The summed E-state index contributed by atoms with van der Waals surface area (Å²) in [6.07, 6.45) is 3.88. The maximum Gasteiger partial charge on any atom is 0.148 e. The first kappa shape index (κ1) is 10.8. The molecule has 0 radical (unpaired) electrons. The zero-order chi connectivity index (χ0) is 10.8. The molecule has 2 rings (SSSR count). The lowest BCUT2D eigenvalue weighted by Crippen LogP contribution is -2.23. The fraction of sp³-hybridized carbons (Fsp3) is 0.583. The predicted octanol–water partition coefficient (Wildman–Crippen LogP) is 3.17. The van der Waals surface area contributed by atoms with Gasteiger partial charge in [0.15, 0.2) is 0 Å². The Labute approximate surface area is 94.3 Å². The molecule has 0 saturated carbocycles. The number of carbonyl (C=O) groups excluding carboxylic acids is 1. The molecular formula is C12H16O2S. The van der Waals surface area contributed by atoms with Gasteiger partial charge in [0.05, 0.1) is 6.10 Å². The highest BCUT2D eigenvalue weighted by Crippen LogP contribution is 2.35. The first-order chi connectivity index (χ1) is 7.20. The number of aryl methyl sites for hydroxylation is 2. The van der Waals surface area contributed by atoms with Gasteiger partial charge in [0.2, 0.25) is 0 Å². The molecule has 0 N–H and O–H groups in total. The summed E-state index contributed by atoms with van der Waals surface area (Å²) in [4.78, 5) is 13.3. The summed E-state index contributed by atoms with van der Waals surface area (Å²) in [5.41, 5.74) is 1.28. The van der Waals surface area contributed by atoms with Crippen molar-refractivity contribution in [2.45, 2.75) is 45.3 Å². The Morgan fingerprint density at radius 1 is 1.47 bits per heavy atom. The Balaban J connectivity index is 2.16. The predicted molar refractivity (Wildman–Crippen MR) is 61.3 cm³/mol. The summed E-state index contributed by atoms with van der Waals surface area (Å²) >= 11 is 1.80. The standard InChI is InChI=1S/C12H16O2S/c1-8-6-11(9(2)15-8)12-5-3-4-10(7-13)14-12/h6-7,10,12H,3-5H2,1-2H3. The van der Waals surface area contributed by atoms with Crippen molar-refractivity contribution < 1.29 is 9.53 Å². The van der Waals surface area contributed by atoms with E-state index in [1.54, 1.807) is 11.3 Å². The van der Waals surface area contributed by atoms with Crippen LogP contribution in [0.3, 0.4) is 0 Å². The van der Waals surface area contributed by atoms with Gasteiger partial charge < -0.3 is 9.53 Å². The lowest BCUT2D eigenvalue weighted by molar-refractivity contribution is -0.127. The molecule has 1 fully saturated rings. The van der Waals surface area contributed by atoms with Crippen LogP contribution in [0.25, 0.3) is 0 Å². The zero-order valence-electron chi connectivity index (χ0n) is 9.16. The zero-order valence-corrected chi connectivity index (χ0v) is 9.97. The van der Waals surface area contributed by atoms with Crippen LogP contribution in [0.15, 0.2) is 6.07 Å². The number of hydrogen-bond acceptors (Lipinski definition) is 3. The van der Waals surface area contributed by atoms with E-state index >= 15 is 0 Å². The van der Waals surface area contributed by atoms with E-state index in [1.807, 2.05) is 0 Å². The molecule has 1 aromatic heterocycles. The van der Waals surface area contributed by atoms with Crippen molar-refractivity contribution in [1.82, 2.24) is 0 Å². The molecule has 0 aliphatic carbocycles. The fourth-order valence-electron chi connectivity index (χ4n) is 2.15. The van der Waals surface area contributed by atoms with Crippen LogP contribution in [0.4, 0.5) is 0 Å². The van der Waals surface area contributed by atoms with Crippen LogP contribution in [-0.2, 0) is 9.53 Å². The van der Waals surface area contributed by atoms with Gasteiger partial charge >= 0.3 is 0 Å². The molecule has 3 heteroatoms. The molecule has 0 spiro atoms. The number of aldehydes is 1. The molecule has 1 saturated heterocycles. The van der Waals surface area contributed by atoms with Gasteiger partial charge in [0, 0.05) is 9.75 Å². The number of thiophene rings is 1. The number of ether oxygens (including phenoxy) is 1. The molecular weight excluding hydrogens is 208 g/mol. The van der Waals surface area contributed by atoms with E-state index in [0.29, 0.717) is 0 Å². The van der Waals surface area contributed by atoms with Crippen molar-refractivity contribution in [3.05, 3.63) is 21.4 Å². The van der Waals surface area contributed by atoms with Gasteiger partial charge in [-0.1, -0.05) is 0 Å². The highest BCUT2D eigenvalue weighted by molar-refractivity contribution is 7.12. The monoisotopic (exact) mass is 224 g/mol. The summed E-state index contributed by atoms with van der Waals surface area (Å²) in [5, 5.41) is 0. The average molecular weight is 224 g/mol. The van der Waals surface area contributed by atoms with Crippen LogP contribution >= 0.6 is 11.3 Å². The van der Waals surface area contributed by atoms with Gasteiger partial charge in [-0.2, -0.15) is 0 Å². The summed E-state index contributed by atoms with van der Waals surface area (Å²) < 4.78 is 5.75. The third-order valence-corrected chi connectivity index (χ3v) is 3.85. The molecule has 1 aliphatic heterocycles. The van der Waals surface area contributed by atoms with Gasteiger partial charge in [-0.15, -0.1) is 11.3 Å². The topological polar surface area (TPSA) is 26.3 Å². The van der Waals surface area contributed by atoms with E-state index in [1.165, 1.54) is 15.3 Å². The molecule has 2 nitrogen and oxygen atoms in total. The Bertz CT molecular complexity index is 357. The number of hydrogen-bond donors (Lipinski definition) is 0. The van der Waals surface area contributed by atoms with Crippen molar-refractivity contribution in [2.24, 2.45) is 0 Å². The molecule has 82 valence electrons. The molecule has 0 bridgehead atoms. The summed E-state index contributed by atoms with van der Waals surface area (Å²) in [5.74, 6) is 0. The minimum atomic E-state index is -0.191. The highest BCUT2D eigenvalue weighted by atomic mass is 32.1. The normalized spacial score (nSPS) is 26.5. The molecule has 1 aromatic rings. The number of rotatable bonds is 2. The highest BCUT2D eigenvalue weighted by Gasteiger charge is 2.25. The van der Waals surface area contributed by atoms with Crippen molar-refractivity contribution in [2.75, 3.05) is 0 Å². The maximum atomic E-state index is 10.7. The van der Waals surface area contributed by atoms with E-state index in [0.717, 1.165) is 25.5 Å². The van der Waals surface area contributed by atoms with Crippen molar-refractivity contribution >= 4 is 17.6 Å². The Hall–Kier alpha value is -0.670. The minimum Gasteiger partial charge on any atom is -0.363 e. The smallest absolute Gasteiger partial charge is 0.148 e. The lowest BCUT2D eigenvalue weighted by atomic mass is 9.99. The van der Waals surface area contributed by atoms with E-state index in [4.69, 9.17) is 4.74 Å². The van der Waals surface area contributed by atoms with Gasteiger partial charge in [0.25, 0.3) is 0 Å². The van der Waals surface area contributed by atoms with Crippen LogP contribution in [0, 0.1) is 13.8 Å². The molecule has 0 amide bonds. The van der Waals surface area contributed by atoms with E-state index in [9.17, 15) is 4.79 Å². The minimum absolute atomic E-state index is 0.138. The largest absolute Gasteiger partial charge is 0.363 e. The van der Waals surface area contributed by atoms with Gasteiger partial charge in [-0.3, -0.25) is 0 Å². The quantitative estimate of drug-likeness (QED) is 0.721. The third-order valence-electron chi connectivity index (χ3n) is 2.87. The average Bonchev–Trinajstić information content (AvgIpc) is 2.58. The van der Waals surface area contributed by atoms with Gasteiger partial charge in [0.1, 0.15) is 12.4 Å². The van der Waals surface area contributed by atoms with Crippen LogP contribution in [-0.4, -0.2) is 12.4 Å². The van der Waals surface area contributed by atoms with E-state index in [2.05, 4.69) is 19.9 Å². The maximum absolute atomic E-state index is 10.7. The molecule has 15 heavy (non-hydrogen) atoms. The van der Waals surface area contributed by atoms with Crippen molar-refractivity contribution in [3.63, 3.8) is 0 Å². The Morgan fingerprint density at radius 2 is 2.27 bits per heavy atom. The van der Waals surface area contributed by atoms with Crippen LogP contribution in [0.5, 0.6) is 0 Å². The Kier molecular flexibility index (Phi) is 3.22. The lowest BCUT2D eigenvalue weighted by Gasteiger charge is -2.27. The molecule has 1 aliphatic rings. The summed E-state index contributed by atoms with van der Waals surface area (Å²) in [7, 11) is 0. The second-order valence-electron chi connectivity index (χ2n) is 4.10. The summed E-state index contributed by atoms with van der Waals surface area (Å²) in [6.45, 7) is 4.24. The van der Waals surface area contributed by atoms with Gasteiger partial charge in [-0.05, 0) is 44.7 Å². The van der Waals surface area contributed by atoms with Crippen LogP contribution in [0.2, 0.25) is 0 Å². The second-order valence-corrected chi connectivity index (χ2v) is 5.56. The van der Waals surface area contributed by atoms with Crippen LogP contribution < -0.4 is 0 Å². The first-order valence-corrected chi connectivity index (χ1v) is 6.20. The molecule has 0 aromatic carbocycles. The van der Waals surface area contributed by atoms with Gasteiger partial charge in [-0.25, -0.2) is 0 Å². The third kappa shape index (κ3) is 2.29. The number of carbonyl (C=O) groups is 1. The summed E-state index contributed by atoms with van der Waals surface area (Å²) in [6, 6.07) is 2.19. The van der Waals surface area contributed by atoms with Crippen molar-refractivity contribution in [3.8, 4) is 0 Å². The Morgan fingerprint density at radius 3 is 2.87 bits per heavy atom. The van der Waals surface area contributed by atoms with Crippen molar-refractivity contribution in [1.29, 1.82) is 0 Å². The SMILES string of the molecule is Cc1cc(C2CCCC(C=O)O2)c(C)s1. The molecule has 2 atom stereocenters. The van der Waals surface area contributed by atoms with E-state index in [-0.39, 0.29) is 12.2 Å². The molecule has 2 unspecified atom stereocenters. The second kappa shape index (κ2) is 4.45. The molecule has 2 heterocycles. The van der Waals surface area contributed by atoms with E-state index < -0.39 is 0 Å².